The molecule has 0 amide bonds. The molecule has 0 saturated carbocycles. The Morgan fingerprint density at radius 1 is 1.05 bits per heavy atom. The Morgan fingerprint density at radius 3 is 2.37 bits per heavy atom. The van der Waals surface area contributed by atoms with Crippen LogP contribution >= 0.6 is 11.6 Å². The fraction of sp³-hybridized carbons (Fsp3) is 0.133. The van der Waals surface area contributed by atoms with Crippen molar-refractivity contribution < 1.29 is 14.3 Å². The van der Waals surface area contributed by atoms with Crippen molar-refractivity contribution >= 4 is 17.6 Å². The van der Waals surface area contributed by atoms with Crippen molar-refractivity contribution in [3.8, 4) is 11.5 Å². The van der Waals surface area contributed by atoms with Crippen molar-refractivity contribution in [2.75, 3.05) is 6.61 Å². The Labute approximate surface area is 116 Å². The van der Waals surface area contributed by atoms with Gasteiger partial charge < -0.3 is 9.47 Å². The zero-order valence-corrected chi connectivity index (χ0v) is 11.2. The van der Waals surface area contributed by atoms with Gasteiger partial charge in [0, 0.05) is 0 Å². The third-order valence-corrected chi connectivity index (χ3v) is 2.78. The van der Waals surface area contributed by atoms with Gasteiger partial charge in [-0.3, -0.25) is 0 Å². The van der Waals surface area contributed by atoms with E-state index in [9.17, 15) is 4.79 Å². The second-order valence-corrected chi connectivity index (χ2v) is 4.16. The predicted octanol–water partition coefficient (Wildman–Crippen LogP) is 3.96. The van der Waals surface area contributed by atoms with E-state index in [2.05, 4.69) is 0 Å². The van der Waals surface area contributed by atoms with E-state index in [4.69, 9.17) is 21.1 Å². The van der Waals surface area contributed by atoms with Crippen molar-refractivity contribution in [3.05, 3.63) is 59.1 Å². The normalized spacial score (nSPS) is 10.0. The number of para-hydroxylation sites is 2. The maximum atomic E-state index is 12.0. The van der Waals surface area contributed by atoms with Crippen molar-refractivity contribution in [2.24, 2.45) is 0 Å². The molecule has 0 unspecified atom stereocenters. The molecule has 0 aromatic heterocycles. The van der Waals surface area contributed by atoms with Crippen LogP contribution in [0.3, 0.4) is 0 Å². The van der Waals surface area contributed by atoms with Gasteiger partial charge in [-0.2, -0.15) is 0 Å². The fourth-order valence-electron chi connectivity index (χ4n) is 1.59. The first-order chi connectivity index (χ1) is 9.22. The smallest absolute Gasteiger partial charge is 0.345 e. The van der Waals surface area contributed by atoms with E-state index in [-0.39, 0.29) is 0 Å². The van der Waals surface area contributed by atoms with Crippen molar-refractivity contribution in [3.63, 3.8) is 0 Å². The summed E-state index contributed by atoms with van der Waals surface area (Å²) in [6.07, 6.45) is 0. The number of carbonyl (C=O) groups is 1. The zero-order chi connectivity index (χ0) is 13.7. The van der Waals surface area contributed by atoms with Crippen LogP contribution in [0.1, 0.15) is 17.3 Å². The Bertz CT molecular complexity index is 581. The molecule has 0 bridgehead atoms. The molecule has 19 heavy (non-hydrogen) atoms. The standard InChI is InChI=1S/C15H13ClO3/c1-2-18-13-9-5-6-10-14(13)19-15(17)11-7-3-4-8-12(11)16/h3-10H,2H2,1H3. The summed E-state index contributed by atoms with van der Waals surface area (Å²) in [6.45, 7) is 2.37. The van der Waals surface area contributed by atoms with Gasteiger partial charge in [-0.05, 0) is 31.2 Å². The van der Waals surface area contributed by atoms with Crippen LogP contribution in [0, 0.1) is 0 Å². The SMILES string of the molecule is CCOc1ccccc1OC(=O)c1ccccc1Cl. The summed E-state index contributed by atoms with van der Waals surface area (Å²) < 4.78 is 10.7. The molecular weight excluding hydrogens is 264 g/mol. The third kappa shape index (κ3) is 3.26. The molecular formula is C15H13ClO3. The molecule has 0 saturated heterocycles. The molecule has 3 nitrogen and oxygen atoms in total. The fourth-order valence-corrected chi connectivity index (χ4v) is 1.80. The highest BCUT2D eigenvalue weighted by molar-refractivity contribution is 6.33. The predicted molar refractivity (Wildman–Crippen MR) is 74.0 cm³/mol. The topological polar surface area (TPSA) is 35.5 Å². The number of halogens is 1. The lowest BCUT2D eigenvalue weighted by atomic mass is 10.2. The molecule has 0 spiro atoms. The molecule has 0 radical (unpaired) electrons. The van der Waals surface area contributed by atoms with E-state index in [1.165, 1.54) is 0 Å². The summed E-state index contributed by atoms with van der Waals surface area (Å²) in [5.74, 6) is 0.414. The number of esters is 1. The first-order valence-electron chi connectivity index (χ1n) is 5.91. The second kappa shape index (κ2) is 6.25. The van der Waals surface area contributed by atoms with Crippen LogP contribution in [0.2, 0.25) is 5.02 Å². The Kier molecular flexibility index (Phi) is 4.42. The quantitative estimate of drug-likeness (QED) is 0.626. The molecule has 0 aliphatic rings. The number of rotatable bonds is 4. The summed E-state index contributed by atoms with van der Waals surface area (Å²) >= 11 is 5.95. The molecule has 0 aliphatic heterocycles. The molecule has 98 valence electrons. The highest BCUT2D eigenvalue weighted by Gasteiger charge is 2.14. The average molecular weight is 277 g/mol. The summed E-state index contributed by atoms with van der Waals surface area (Å²) in [4.78, 5) is 12.0. The minimum Gasteiger partial charge on any atom is -0.490 e. The van der Waals surface area contributed by atoms with Crippen LogP contribution < -0.4 is 9.47 Å². The summed E-state index contributed by atoms with van der Waals surface area (Å²) in [6, 6.07) is 13.8. The number of ether oxygens (including phenoxy) is 2. The Hall–Kier alpha value is -2.00. The monoisotopic (exact) mass is 276 g/mol. The van der Waals surface area contributed by atoms with E-state index in [0.717, 1.165) is 0 Å². The lowest BCUT2D eigenvalue weighted by Crippen LogP contribution is -2.10. The maximum Gasteiger partial charge on any atom is 0.345 e. The van der Waals surface area contributed by atoms with E-state index in [1.54, 1.807) is 42.5 Å². The van der Waals surface area contributed by atoms with Gasteiger partial charge in [-0.15, -0.1) is 0 Å². The van der Waals surface area contributed by atoms with Crippen LogP contribution in [-0.2, 0) is 0 Å². The van der Waals surface area contributed by atoms with E-state index in [0.29, 0.717) is 28.7 Å². The molecule has 0 N–H and O–H groups in total. The molecule has 2 aromatic rings. The van der Waals surface area contributed by atoms with E-state index >= 15 is 0 Å². The van der Waals surface area contributed by atoms with Gasteiger partial charge in [0.1, 0.15) is 0 Å². The first kappa shape index (κ1) is 13.4. The van der Waals surface area contributed by atoms with Gasteiger partial charge in [0.25, 0.3) is 0 Å². The van der Waals surface area contributed by atoms with Gasteiger partial charge in [0.05, 0.1) is 17.2 Å². The van der Waals surface area contributed by atoms with Crippen LogP contribution in [0.4, 0.5) is 0 Å². The first-order valence-corrected chi connectivity index (χ1v) is 6.28. The highest BCUT2D eigenvalue weighted by Crippen LogP contribution is 2.28. The lowest BCUT2D eigenvalue weighted by molar-refractivity contribution is 0.0728. The minimum atomic E-state index is -0.502. The van der Waals surface area contributed by atoms with Gasteiger partial charge in [0.15, 0.2) is 11.5 Å². The number of benzene rings is 2. The largest absolute Gasteiger partial charge is 0.490 e. The molecule has 0 aliphatic carbocycles. The lowest BCUT2D eigenvalue weighted by Gasteiger charge is -2.10. The Balaban J connectivity index is 2.22. The third-order valence-electron chi connectivity index (χ3n) is 2.45. The maximum absolute atomic E-state index is 12.0. The van der Waals surface area contributed by atoms with Crippen molar-refractivity contribution in [1.82, 2.24) is 0 Å². The highest BCUT2D eigenvalue weighted by atomic mass is 35.5. The summed E-state index contributed by atoms with van der Waals surface area (Å²) in [5, 5.41) is 0.362. The number of hydrogen-bond acceptors (Lipinski definition) is 3. The summed E-state index contributed by atoms with van der Waals surface area (Å²) in [7, 11) is 0. The zero-order valence-electron chi connectivity index (χ0n) is 10.4. The van der Waals surface area contributed by atoms with Crippen LogP contribution in [0.25, 0.3) is 0 Å². The van der Waals surface area contributed by atoms with Crippen LogP contribution in [0.5, 0.6) is 11.5 Å². The molecule has 2 aromatic carbocycles. The van der Waals surface area contributed by atoms with Gasteiger partial charge in [-0.1, -0.05) is 35.9 Å². The van der Waals surface area contributed by atoms with E-state index in [1.807, 2.05) is 13.0 Å². The summed E-state index contributed by atoms with van der Waals surface area (Å²) in [5.41, 5.74) is 0.329. The van der Waals surface area contributed by atoms with Crippen LogP contribution in [-0.4, -0.2) is 12.6 Å². The molecule has 0 atom stereocenters. The second-order valence-electron chi connectivity index (χ2n) is 3.75. The average Bonchev–Trinajstić information content (AvgIpc) is 2.41. The van der Waals surface area contributed by atoms with E-state index < -0.39 is 5.97 Å². The molecule has 0 fully saturated rings. The van der Waals surface area contributed by atoms with Gasteiger partial charge in [-0.25, -0.2) is 4.79 Å². The number of carbonyl (C=O) groups excluding carboxylic acids is 1. The Morgan fingerprint density at radius 2 is 1.68 bits per heavy atom. The minimum absolute atomic E-state index is 0.329. The molecule has 0 heterocycles. The van der Waals surface area contributed by atoms with Crippen LogP contribution in [0.15, 0.2) is 48.5 Å². The molecule has 2 rings (SSSR count). The van der Waals surface area contributed by atoms with Gasteiger partial charge in [0.2, 0.25) is 0 Å². The number of hydrogen-bond donors (Lipinski definition) is 0. The molecule has 4 heteroatoms. The van der Waals surface area contributed by atoms with Crippen molar-refractivity contribution in [2.45, 2.75) is 6.92 Å². The van der Waals surface area contributed by atoms with Crippen molar-refractivity contribution in [1.29, 1.82) is 0 Å². The van der Waals surface area contributed by atoms with Gasteiger partial charge >= 0.3 is 5.97 Å².